The van der Waals surface area contributed by atoms with Crippen LogP contribution in [0.2, 0.25) is 0 Å². The van der Waals surface area contributed by atoms with Crippen molar-refractivity contribution in [2.45, 2.75) is 37.8 Å². The van der Waals surface area contributed by atoms with Gasteiger partial charge < -0.3 is 0 Å². The standard InChI is InChI=1S/C20H13F4S2/c1-2-11-3-5-12(6-4-11)26-19-9-15(23)13(21)7-17(19)25-18-8-14(22)16(24)10-20(18)26/h3-10H,2H2,1H3/q+1. The van der Waals surface area contributed by atoms with Crippen LogP contribution in [0.1, 0.15) is 12.5 Å². The first-order valence-corrected chi connectivity index (χ1v) is 10.0. The molecule has 0 amide bonds. The van der Waals surface area contributed by atoms with Crippen molar-refractivity contribution in [1.29, 1.82) is 0 Å². The number of fused-ring (bicyclic) bond motifs is 2. The van der Waals surface area contributed by atoms with Gasteiger partial charge in [0.2, 0.25) is 0 Å². The minimum atomic E-state index is -0.952. The smallest absolute Gasteiger partial charge is 0.183 e. The lowest BCUT2D eigenvalue weighted by Crippen LogP contribution is -2.13. The van der Waals surface area contributed by atoms with Crippen LogP contribution in [0.3, 0.4) is 0 Å². The lowest BCUT2D eigenvalue weighted by molar-refractivity contribution is 0.499. The Morgan fingerprint density at radius 2 is 1.19 bits per heavy atom. The van der Waals surface area contributed by atoms with Crippen LogP contribution in [-0.2, 0) is 17.3 Å². The molecule has 0 saturated carbocycles. The van der Waals surface area contributed by atoms with E-state index in [1.165, 1.54) is 12.1 Å². The van der Waals surface area contributed by atoms with Crippen LogP contribution in [0.15, 0.2) is 73.0 Å². The molecule has 0 atom stereocenters. The summed E-state index contributed by atoms with van der Waals surface area (Å²) < 4.78 is 55.3. The van der Waals surface area contributed by atoms with E-state index in [4.69, 9.17) is 0 Å². The molecule has 0 saturated heterocycles. The van der Waals surface area contributed by atoms with Gasteiger partial charge in [-0.2, -0.15) is 0 Å². The molecule has 0 nitrogen and oxygen atoms in total. The van der Waals surface area contributed by atoms with Crippen molar-refractivity contribution in [3.05, 3.63) is 77.4 Å². The van der Waals surface area contributed by atoms with Crippen molar-refractivity contribution in [3.63, 3.8) is 0 Å². The molecule has 132 valence electrons. The van der Waals surface area contributed by atoms with Gasteiger partial charge in [0.15, 0.2) is 38.0 Å². The summed E-state index contributed by atoms with van der Waals surface area (Å²) in [7, 11) is -0.839. The maximum Gasteiger partial charge on any atom is 0.183 e. The Morgan fingerprint density at radius 1 is 0.731 bits per heavy atom. The van der Waals surface area contributed by atoms with E-state index in [1.807, 2.05) is 31.2 Å². The largest absolute Gasteiger partial charge is 0.204 e. The van der Waals surface area contributed by atoms with Crippen molar-refractivity contribution >= 4 is 22.7 Å². The second-order valence-corrected chi connectivity index (χ2v) is 8.88. The maximum absolute atomic E-state index is 13.9. The van der Waals surface area contributed by atoms with E-state index >= 15 is 0 Å². The van der Waals surface area contributed by atoms with Crippen LogP contribution in [0.4, 0.5) is 17.6 Å². The molecule has 0 unspecified atom stereocenters. The third kappa shape index (κ3) is 2.91. The molecule has 3 aromatic carbocycles. The van der Waals surface area contributed by atoms with E-state index in [0.29, 0.717) is 19.6 Å². The van der Waals surface area contributed by atoms with Gasteiger partial charge >= 0.3 is 0 Å². The molecule has 0 radical (unpaired) electrons. The predicted molar refractivity (Wildman–Crippen MR) is 94.8 cm³/mol. The van der Waals surface area contributed by atoms with Crippen molar-refractivity contribution < 1.29 is 17.6 Å². The predicted octanol–water partition coefficient (Wildman–Crippen LogP) is 6.37. The summed E-state index contributed by atoms with van der Waals surface area (Å²) in [6.07, 6.45) is 0.872. The summed E-state index contributed by atoms with van der Waals surface area (Å²) in [4.78, 5) is 3.05. The van der Waals surface area contributed by atoms with Crippen LogP contribution in [0.25, 0.3) is 0 Å². The van der Waals surface area contributed by atoms with E-state index in [-0.39, 0.29) is 0 Å². The van der Waals surface area contributed by atoms with Gasteiger partial charge in [0.1, 0.15) is 10.9 Å². The molecule has 0 fully saturated rings. The first-order valence-electron chi connectivity index (χ1n) is 7.97. The highest BCUT2D eigenvalue weighted by Crippen LogP contribution is 2.49. The van der Waals surface area contributed by atoms with Crippen molar-refractivity contribution in [1.82, 2.24) is 0 Å². The second kappa shape index (κ2) is 6.67. The average molecular weight is 393 g/mol. The van der Waals surface area contributed by atoms with Crippen LogP contribution < -0.4 is 0 Å². The minimum Gasteiger partial charge on any atom is -0.204 e. The first kappa shape index (κ1) is 17.5. The molecule has 1 aliphatic rings. The quantitative estimate of drug-likeness (QED) is 0.282. The molecule has 0 aromatic heterocycles. The lowest BCUT2D eigenvalue weighted by atomic mass is 10.2. The zero-order chi connectivity index (χ0) is 18.4. The van der Waals surface area contributed by atoms with Crippen molar-refractivity contribution in [2.75, 3.05) is 0 Å². The minimum absolute atomic E-state index is 0.519. The summed E-state index contributed by atoms with van der Waals surface area (Å²) in [6, 6.07) is 12.3. The van der Waals surface area contributed by atoms with Gasteiger partial charge in [-0.25, -0.2) is 17.6 Å². The summed E-state index contributed by atoms with van der Waals surface area (Å²) >= 11 is 1.13. The van der Waals surface area contributed by atoms with Crippen LogP contribution in [-0.4, -0.2) is 0 Å². The maximum atomic E-state index is 13.9. The third-order valence-corrected chi connectivity index (χ3v) is 7.87. The molecule has 0 bridgehead atoms. The number of benzene rings is 3. The van der Waals surface area contributed by atoms with Gasteiger partial charge in [0.25, 0.3) is 0 Å². The highest BCUT2D eigenvalue weighted by atomic mass is 32.2. The van der Waals surface area contributed by atoms with E-state index in [9.17, 15) is 17.6 Å². The van der Waals surface area contributed by atoms with Crippen LogP contribution in [0, 0.1) is 23.3 Å². The Hall–Kier alpha value is -1.92. The van der Waals surface area contributed by atoms with Gasteiger partial charge in [-0.05, 0) is 36.2 Å². The Kier molecular flexibility index (Phi) is 4.49. The van der Waals surface area contributed by atoms with E-state index in [0.717, 1.165) is 40.8 Å². The topological polar surface area (TPSA) is 0 Å². The molecule has 3 aromatic rings. The number of halogens is 4. The van der Waals surface area contributed by atoms with Crippen molar-refractivity contribution in [2.24, 2.45) is 0 Å². The summed E-state index contributed by atoms with van der Waals surface area (Å²) in [6.45, 7) is 2.04. The molecular formula is C20H13F4S2+. The van der Waals surface area contributed by atoms with Gasteiger partial charge in [-0.3, -0.25) is 0 Å². The fourth-order valence-corrected chi connectivity index (χ4v) is 6.60. The summed E-state index contributed by atoms with van der Waals surface area (Å²) in [5.41, 5.74) is 1.14. The Bertz CT molecular complexity index is 942. The highest BCUT2D eigenvalue weighted by Gasteiger charge is 2.40. The lowest BCUT2D eigenvalue weighted by Gasteiger charge is -2.19. The fourth-order valence-electron chi connectivity index (χ4n) is 2.85. The Balaban J connectivity index is 1.96. The van der Waals surface area contributed by atoms with Crippen molar-refractivity contribution in [3.8, 4) is 0 Å². The molecule has 0 aliphatic carbocycles. The first-order chi connectivity index (χ1) is 12.5. The normalized spacial score (nSPS) is 13.4. The average Bonchev–Trinajstić information content (AvgIpc) is 2.63. The van der Waals surface area contributed by atoms with E-state index in [2.05, 4.69) is 0 Å². The zero-order valence-electron chi connectivity index (χ0n) is 13.7. The molecule has 1 aliphatic heterocycles. The molecule has 4 rings (SSSR count). The summed E-state index contributed by atoms with van der Waals surface area (Å²) in [5.74, 6) is -3.80. The second-order valence-electron chi connectivity index (χ2n) is 5.83. The van der Waals surface area contributed by atoms with Gasteiger partial charge in [0, 0.05) is 12.1 Å². The number of aryl methyl sites for hydroxylation is 1. The van der Waals surface area contributed by atoms with Crippen LogP contribution >= 0.6 is 11.8 Å². The molecule has 6 heteroatoms. The van der Waals surface area contributed by atoms with Gasteiger partial charge in [-0.1, -0.05) is 30.8 Å². The molecule has 1 heterocycles. The Labute approximate surface area is 155 Å². The van der Waals surface area contributed by atoms with Gasteiger partial charge in [0.05, 0.1) is 9.79 Å². The molecule has 0 N–H and O–H groups in total. The third-order valence-electron chi connectivity index (χ3n) is 4.20. The van der Waals surface area contributed by atoms with E-state index < -0.39 is 34.2 Å². The molecular weight excluding hydrogens is 380 g/mol. The number of hydrogen-bond acceptors (Lipinski definition) is 1. The van der Waals surface area contributed by atoms with E-state index in [1.54, 1.807) is 0 Å². The molecule has 0 spiro atoms. The summed E-state index contributed by atoms with van der Waals surface area (Å²) in [5, 5.41) is 0. The highest BCUT2D eigenvalue weighted by molar-refractivity contribution is 8.04. The van der Waals surface area contributed by atoms with Gasteiger partial charge in [-0.15, -0.1) is 0 Å². The monoisotopic (exact) mass is 393 g/mol. The SMILES string of the molecule is CCc1ccc([S+]2c3cc(F)c(F)cc3Sc3cc(F)c(F)cc32)cc1. The number of rotatable bonds is 2. The number of hydrogen-bond donors (Lipinski definition) is 0. The Morgan fingerprint density at radius 3 is 1.65 bits per heavy atom. The zero-order valence-corrected chi connectivity index (χ0v) is 15.3. The van der Waals surface area contributed by atoms with Crippen LogP contribution in [0.5, 0.6) is 0 Å². The fraction of sp³-hybridized carbons (Fsp3) is 0.100. The molecule has 26 heavy (non-hydrogen) atoms.